The fraction of sp³-hybridized carbons (Fsp3) is 0.357. The second kappa shape index (κ2) is 6.36. The van der Waals surface area contributed by atoms with E-state index in [0.717, 1.165) is 9.88 Å². The molecule has 5 nitrogen and oxygen atoms in total. The first kappa shape index (κ1) is 15.7. The van der Waals surface area contributed by atoms with Crippen molar-refractivity contribution in [3.8, 4) is 9.88 Å². The predicted octanol–water partition coefficient (Wildman–Crippen LogP) is 3.24. The average Bonchev–Trinajstić information content (AvgIpc) is 3.09. The number of hydrogen-bond acceptors (Lipinski definition) is 5. The Morgan fingerprint density at radius 1 is 1.43 bits per heavy atom. The van der Waals surface area contributed by atoms with Gasteiger partial charge in [-0.25, -0.2) is 9.78 Å². The van der Waals surface area contributed by atoms with E-state index in [9.17, 15) is 14.7 Å². The number of aliphatic carboxylic acids is 1. The molecule has 0 saturated carbocycles. The van der Waals surface area contributed by atoms with Crippen LogP contribution in [0.2, 0.25) is 0 Å². The van der Waals surface area contributed by atoms with Crippen LogP contribution in [0.3, 0.4) is 0 Å². The number of thiophene rings is 1. The lowest BCUT2D eigenvalue weighted by Gasteiger charge is -2.25. The Hall–Kier alpha value is -1.73. The van der Waals surface area contributed by atoms with Crippen molar-refractivity contribution in [2.75, 3.05) is 0 Å². The maximum Gasteiger partial charge on any atom is 0.329 e. The highest BCUT2D eigenvalue weighted by molar-refractivity contribution is 7.20. The number of thiazole rings is 1. The fourth-order valence-corrected chi connectivity index (χ4v) is 3.54. The maximum absolute atomic E-state index is 12.2. The Balaban J connectivity index is 2.15. The summed E-state index contributed by atoms with van der Waals surface area (Å²) in [7, 11) is 0. The van der Waals surface area contributed by atoms with Crippen LogP contribution in [-0.2, 0) is 4.79 Å². The number of hydrogen-bond donors (Lipinski definition) is 2. The highest BCUT2D eigenvalue weighted by atomic mass is 32.1. The average molecular weight is 324 g/mol. The van der Waals surface area contributed by atoms with Crippen molar-refractivity contribution >= 4 is 34.6 Å². The summed E-state index contributed by atoms with van der Waals surface area (Å²) in [5.74, 6) is -1.49. The van der Waals surface area contributed by atoms with Crippen LogP contribution in [-0.4, -0.2) is 27.5 Å². The van der Waals surface area contributed by atoms with E-state index in [2.05, 4.69) is 10.3 Å². The monoisotopic (exact) mass is 324 g/mol. The first-order valence-corrected chi connectivity index (χ1v) is 8.27. The molecule has 0 aliphatic heterocycles. The molecule has 0 aliphatic rings. The number of carboxylic acid groups (broad SMARTS) is 1. The van der Waals surface area contributed by atoms with Gasteiger partial charge in [0.05, 0.1) is 4.88 Å². The summed E-state index contributed by atoms with van der Waals surface area (Å²) in [6, 6.07) is 3.85. The third-order valence-electron chi connectivity index (χ3n) is 3.08. The van der Waals surface area contributed by atoms with Crippen molar-refractivity contribution in [1.82, 2.24) is 10.3 Å². The third kappa shape index (κ3) is 3.48. The minimum absolute atomic E-state index is 0.256. The summed E-state index contributed by atoms with van der Waals surface area (Å²) >= 11 is 2.92. The fourth-order valence-electron chi connectivity index (χ4n) is 1.93. The zero-order valence-corrected chi connectivity index (χ0v) is 13.4. The van der Waals surface area contributed by atoms with Crippen molar-refractivity contribution in [3.63, 3.8) is 0 Å². The Labute approximate surface area is 130 Å². The molecular weight excluding hydrogens is 308 g/mol. The molecule has 112 valence electrons. The van der Waals surface area contributed by atoms with Crippen molar-refractivity contribution in [2.24, 2.45) is 0 Å². The van der Waals surface area contributed by atoms with Gasteiger partial charge in [-0.05, 0) is 24.8 Å². The van der Waals surface area contributed by atoms with Gasteiger partial charge in [-0.3, -0.25) is 4.79 Å². The third-order valence-corrected chi connectivity index (χ3v) is 4.96. The molecule has 0 bridgehead atoms. The van der Waals surface area contributed by atoms with Crippen molar-refractivity contribution < 1.29 is 14.7 Å². The standard InChI is InChI=1S/C14H16N2O3S2/c1-3-6-14(2,13(18)19)16-11(17)9-8-21-12(15-9)10-5-4-7-20-10/h4-5,7-8H,3,6H2,1-2H3,(H,16,17)(H,18,19). The van der Waals surface area contributed by atoms with Gasteiger partial charge >= 0.3 is 5.97 Å². The van der Waals surface area contributed by atoms with Crippen LogP contribution in [0.25, 0.3) is 9.88 Å². The van der Waals surface area contributed by atoms with Crippen LogP contribution in [0.1, 0.15) is 37.2 Å². The van der Waals surface area contributed by atoms with Gasteiger partial charge in [0.25, 0.3) is 5.91 Å². The second-order valence-corrected chi connectivity index (χ2v) is 6.66. The summed E-state index contributed by atoms with van der Waals surface area (Å²) in [6.45, 7) is 3.40. The van der Waals surface area contributed by atoms with Gasteiger partial charge in [-0.15, -0.1) is 22.7 Å². The molecule has 7 heteroatoms. The van der Waals surface area contributed by atoms with Crippen LogP contribution in [0, 0.1) is 0 Å². The number of carbonyl (C=O) groups is 2. The number of nitrogens with zero attached hydrogens (tertiary/aromatic N) is 1. The molecular formula is C14H16N2O3S2. The van der Waals surface area contributed by atoms with E-state index in [1.54, 1.807) is 16.7 Å². The molecule has 0 aliphatic carbocycles. The molecule has 1 unspecified atom stereocenters. The van der Waals surface area contributed by atoms with E-state index in [4.69, 9.17) is 0 Å². The maximum atomic E-state index is 12.2. The predicted molar refractivity (Wildman–Crippen MR) is 83.8 cm³/mol. The largest absolute Gasteiger partial charge is 0.480 e. The second-order valence-electron chi connectivity index (χ2n) is 4.86. The molecule has 1 atom stereocenters. The summed E-state index contributed by atoms with van der Waals surface area (Å²) < 4.78 is 0. The number of nitrogens with one attached hydrogen (secondary N) is 1. The topological polar surface area (TPSA) is 79.3 Å². The molecule has 2 rings (SSSR count). The summed E-state index contributed by atoms with van der Waals surface area (Å²) in [6.07, 6.45) is 1.04. The van der Waals surface area contributed by atoms with E-state index in [1.165, 1.54) is 18.3 Å². The summed E-state index contributed by atoms with van der Waals surface area (Å²) in [4.78, 5) is 28.8. The number of amides is 1. The van der Waals surface area contributed by atoms with Crippen LogP contribution in [0.5, 0.6) is 0 Å². The molecule has 1 amide bonds. The molecule has 0 aromatic carbocycles. The smallest absolute Gasteiger partial charge is 0.329 e. The highest BCUT2D eigenvalue weighted by Gasteiger charge is 2.34. The molecule has 2 aromatic heterocycles. The summed E-state index contributed by atoms with van der Waals surface area (Å²) in [5, 5.41) is 16.2. The Bertz CT molecular complexity index is 636. The van der Waals surface area contributed by atoms with Crippen LogP contribution in [0.4, 0.5) is 0 Å². The molecule has 0 saturated heterocycles. The minimum Gasteiger partial charge on any atom is -0.480 e. The zero-order chi connectivity index (χ0) is 15.5. The first-order valence-electron chi connectivity index (χ1n) is 6.51. The Kier molecular flexibility index (Phi) is 4.74. The molecule has 2 N–H and O–H groups in total. The van der Waals surface area contributed by atoms with Gasteiger partial charge in [-0.2, -0.15) is 0 Å². The number of carboxylic acids is 1. The lowest BCUT2D eigenvalue weighted by molar-refractivity contribution is -0.144. The van der Waals surface area contributed by atoms with E-state index in [1.807, 2.05) is 24.4 Å². The minimum atomic E-state index is -1.27. The van der Waals surface area contributed by atoms with Gasteiger partial charge < -0.3 is 10.4 Å². The van der Waals surface area contributed by atoms with Gasteiger partial charge in [0.1, 0.15) is 16.2 Å². The molecule has 0 fully saturated rings. The van der Waals surface area contributed by atoms with E-state index >= 15 is 0 Å². The lowest BCUT2D eigenvalue weighted by Crippen LogP contribution is -2.52. The molecule has 2 heterocycles. The van der Waals surface area contributed by atoms with Crippen LogP contribution in [0.15, 0.2) is 22.9 Å². The van der Waals surface area contributed by atoms with Crippen LogP contribution < -0.4 is 5.32 Å². The van der Waals surface area contributed by atoms with E-state index in [-0.39, 0.29) is 5.69 Å². The van der Waals surface area contributed by atoms with Gasteiger partial charge in [0.2, 0.25) is 0 Å². The van der Waals surface area contributed by atoms with E-state index < -0.39 is 17.4 Å². The molecule has 0 spiro atoms. The number of aromatic nitrogens is 1. The SMILES string of the molecule is CCCC(C)(NC(=O)c1csc(-c2cccs2)n1)C(=O)O. The summed E-state index contributed by atoms with van der Waals surface area (Å²) in [5.41, 5.74) is -1.01. The molecule has 0 radical (unpaired) electrons. The number of rotatable bonds is 6. The normalized spacial score (nSPS) is 13.6. The molecule has 2 aromatic rings. The van der Waals surface area contributed by atoms with Gasteiger partial charge in [0, 0.05) is 5.38 Å². The van der Waals surface area contributed by atoms with Crippen molar-refractivity contribution in [3.05, 3.63) is 28.6 Å². The number of carbonyl (C=O) groups excluding carboxylic acids is 1. The zero-order valence-electron chi connectivity index (χ0n) is 11.8. The Morgan fingerprint density at radius 3 is 2.76 bits per heavy atom. The Morgan fingerprint density at radius 2 is 2.19 bits per heavy atom. The van der Waals surface area contributed by atoms with Gasteiger partial charge in [-0.1, -0.05) is 19.4 Å². The van der Waals surface area contributed by atoms with Crippen molar-refractivity contribution in [2.45, 2.75) is 32.2 Å². The first-order chi connectivity index (χ1) is 9.96. The molecule has 21 heavy (non-hydrogen) atoms. The lowest BCUT2D eigenvalue weighted by atomic mass is 9.96. The highest BCUT2D eigenvalue weighted by Crippen LogP contribution is 2.28. The van der Waals surface area contributed by atoms with E-state index in [0.29, 0.717) is 12.8 Å². The van der Waals surface area contributed by atoms with Crippen LogP contribution >= 0.6 is 22.7 Å². The van der Waals surface area contributed by atoms with Gasteiger partial charge in [0.15, 0.2) is 0 Å². The quantitative estimate of drug-likeness (QED) is 0.855. The van der Waals surface area contributed by atoms with Crippen molar-refractivity contribution in [1.29, 1.82) is 0 Å².